The fraction of sp³-hybridized carbons (Fsp3) is 0.538. The van der Waals surface area contributed by atoms with Gasteiger partial charge in [-0.15, -0.1) is 0 Å². The Kier molecular flexibility index (Phi) is 4.13. The van der Waals surface area contributed by atoms with Crippen LogP contribution in [0.5, 0.6) is 0 Å². The van der Waals surface area contributed by atoms with E-state index in [-0.39, 0.29) is 12.6 Å². The van der Waals surface area contributed by atoms with E-state index in [0.717, 1.165) is 5.69 Å². The number of aryl methyl sites for hydroxylation is 1. The van der Waals surface area contributed by atoms with Crippen molar-refractivity contribution >= 4 is 17.4 Å². The van der Waals surface area contributed by atoms with Crippen molar-refractivity contribution in [2.75, 3.05) is 23.4 Å². The molecule has 2 N–H and O–H groups in total. The van der Waals surface area contributed by atoms with Gasteiger partial charge in [0.2, 0.25) is 0 Å². The normalized spacial score (nSPS) is 22.0. The minimum absolute atomic E-state index is 0.206. The van der Waals surface area contributed by atoms with Gasteiger partial charge in [-0.2, -0.15) is 11.8 Å². The number of hydrogen-bond donors (Lipinski definition) is 2. The number of thioether (sulfide) groups is 1. The second kappa shape index (κ2) is 5.60. The molecule has 2 rings (SSSR count). The average molecular weight is 237 g/mol. The minimum atomic E-state index is 0.206. The Balaban J connectivity index is 1.97. The zero-order valence-corrected chi connectivity index (χ0v) is 10.5. The van der Waals surface area contributed by atoms with Crippen molar-refractivity contribution in [2.24, 2.45) is 5.92 Å². The van der Waals surface area contributed by atoms with Gasteiger partial charge < -0.3 is 10.4 Å². The third kappa shape index (κ3) is 2.92. The first-order chi connectivity index (χ1) is 7.79. The second-order valence-corrected chi connectivity index (χ2v) is 5.57. The third-order valence-electron chi connectivity index (χ3n) is 3.13. The van der Waals surface area contributed by atoms with E-state index in [1.165, 1.54) is 23.5 Å². The summed E-state index contributed by atoms with van der Waals surface area (Å²) in [5.41, 5.74) is 2.38. The molecule has 1 aliphatic rings. The van der Waals surface area contributed by atoms with Gasteiger partial charge in [0.15, 0.2) is 0 Å². The summed E-state index contributed by atoms with van der Waals surface area (Å²) in [6, 6.07) is 8.57. The molecule has 1 fully saturated rings. The van der Waals surface area contributed by atoms with Gasteiger partial charge in [-0.25, -0.2) is 0 Å². The van der Waals surface area contributed by atoms with E-state index < -0.39 is 0 Å². The van der Waals surface area contributed by atoms with Crippen LogP contribution >= 0.6 is 11.8 Å². The molecule has 0 radical (unpaired) electrons. The maximum Gasteiger partial charge on any atom is 0.0635 e. The quantitative estimate of drug-likeness (QED) is 0.844. The van der Waals surface area contributed by atoms with E-state index in [4.69, 9.17) is 0 Å². The molecule has 1 aliphatic heterocycles. The molecule has 2 nitrogen and oxygen atoms in total. The van der Waals surface area contributed by atoms with Crippen LogP contribution in [0.4, 0.5) is 5.69 Å². The van der Waals surface area contributed by atoms with Crippen LogP contribution in [-0.4, -0.2) is 29.3 Å². The van der Waals surface area contributed by atoms with E-state index >= 15 is 0 Å². The molecule has 1 aromatic carbocycles. The highest BCUT2D eigenvalue weighted by atomic mass is 32.2. The third-order valence-corrected chi connectivity index (χ3v) is 4.32. The van der Waals surface area contributed by atoms with E-state index in [9.17, 15) is 5.11 Å². The summed E-state index contributed by atoms with van der Waals surface area (Å²) in [6.07, 6.45) is 1.22. The molecule has 1 saturated heterocycles. The zero-order valence-electron chi connectivity index (χ0n) is 9.65. The molecule has 0 saturated carbocycles. The van der Waals surface area contributed by atoms with Gasteiger partial charge in [0, 0.05) is 5.69 Å². The minimum Gasteiger partial charge on any atom is -0.394 e. The van der Waals surface area contributed by atoms with Crippen molar-refractivity contribution in [3.8, 4) is 0 Å². The predicted molar refractivity (Wildman–Crippen MR) is 71.1 cm³/mol. The van der Waals surface area contributed by atoms with Gasteiger partial charge >= 0.3 is 0 Å². The molecule has 0 bridgehead atoms. The van der Waals surface area contributed by atoms with Crippen molar-refractivity contribution < 1.29 is 5.11 Å². The summed E-state index contributed by atoms with van der Waals surface area (Å²) in [7, 11) is 0. The number of aliphatic hydroxyl groups is 1. The molecule has 0 aromatic heterocycles. The van der Waals surface area contributed by atoms with Crippen molar-refractivity contribution in [1.82, 2.24) is 0 Å². The molecular weight excluding hydrogens is 218 g/mol. The van der Waals surface area contributed by atoms with Crippen LogP contribution in [-0.2, 0) is 0 Å². The fourth-order valence-electron chi connectivity index (χ4n) is 2.05. The highest BCUT2D eigenvalue weighted by molar-refractivity contribution is 7.99. The molecule has 88 valence electrons. The van der Waals surface area contributed by atoms with Crippen molar-refractivity contribution in [1.29, 1.82) is 0 Å². The predicted octanol–water partition coefficient (Wildman–Crippen LogP) is 2.52. The zero-order chi connectivity index (χ0) is 11.4. The van der Waals surface area contributed by atoms with Crippen LogP contribution in [0, 0.1) is 12.8 Å². The lowest BCUT2D eigenvalue weighted by atomic mass is 9.99. The lowest BCUT2D eigenvalue weighted by Crippen LogP contribution is -2.32. The highest BCUT2D eigenvalue weighted by Gasteiger charge is 2.24. The molecule has 0 aliphatic carbocycles. The van der Waals surface area contributed by atoms with Crippen LogP contribution in [0.3, 0.4) is 0 Å². The van der Waals surface area contributed by atoms with E-state index in [0.29, 0.717) is 5.92 Å². The molecule has 2 unspecified atom stereocenters. The number of benzene rings is 1. The maximum absolute atomic E-state index is 9.43. The first kappa shape index (κ1) is 11.8. The van der Waals surface area contributed by atoms with Gasteiger partial charge in [0.05, 0.1) is 12.6 Å². The van der Waals surface area contributed by atoms with E-state index in [1.54, 1.807) is 0 Å². The summed E-state index contributed by atoms with van der Waals surface area (Å²) in [4.78, 5) is 0. The van der Waals surface area contributed by atoms with Gasteiger partial charge in [0.25, 0.3) is 0 Å². The molecule has 0 spiro atoms. The first-order valence-corrected chi connectivity index (χ1v) is 6.97. The Morgan fingerprint density at radius 1 is 1.44 bits per heavy atom. The maximum atomic E-state index is 9.43. The summed E-state index contributed by atoms with van der Waals surface area (Å²) >= 11 is 1.99. The van der Waals surface area contributed by atoms with Gasteiger partial charge in [-0.05, 0) is 42.9 Å². The van der Waals surface area contributed by atoms with Crippen LogP contribution in [0.2, 0.25) is 0 Å². The highest BCUT2D eigenvalue weighted by Crippen LogP contribution is 2.27. The van der Waals surface area contributed by atoms with E-state index in [1.807, 2.05) is 11.8 Å². The second-order valence-electron chi connectivity index (χ2n) is 4.42. The molecule has 3 heteroatoms. The average Bonchev–Trinajstić information content (AvgIpc) is 2.82. The van der Waals surface area contributed by atoms with Crippen molar-refractivity contribution in [3.05, 3.63) is 29.8 Å². The molecular formula is C13H19NOS. The lowest BCUT2D eigenvalue weighted by molar-refractivity contribution is 0.245. The molecule has 0 amide bonds. The van der Waals surface area contributed by atoms with Crippen molar-refractivity contribution in [2.45, 2.75) is 19.4 Å². The first-order valence-electron chi connectivity index (χ1n) is 5.81. The number of anilines is 1. The van der Waals surface area contributed by atoms with Crippen LogP contribution < -0.4 is 5.32 Å². The van der Waals surface area contributed by atoms with Gasteiger partial charge in [0.1, 0.15) is 0 Å². The summed E-state index contributed by atoms with van der Waals surface area (Å²) < 4.78 is 0. The molecule has 16 heavy (non-hydrogen) atoms. The molecule has 2 atom stereocenters. The standard InChI is InChI=1S/C13H19NOS/c1-10-2-4-12(5-3-10)14-13(8-15)11-6-7-16-9-11/h2-5,11,13-15H,6-9H2,1H3. The SMILES string of the molecule is Cc1ccc(NC(CO)C2CCSC2)cc1. The molecule has 1 heterocycles. The number of hydrogen-bond acceptors (Lipinski definition) is 3. The Labute approximate surface area is 101 Å². The number of nitrogens with one attached hydrogen (secondary N) is 1. The van der Waals surface area contributed by atoms with Crippen LogP contribution in [0.25, 0.3) is 0 Å². The smallest absolute Gasteiger partial charge is 0.0635 e. The van der Waals surface area contributed by atoms with Crippen molar-refractivity contribution in [3.63, 3.8) is 0 Å². The van der Waals surface area contributed by atoms with Crippen LogP contribution in [0.15, 0.2) is 24.3 Å². The largest absolute Gasteiger partial charge is 0.394 e. The lowest BCUT2D eigenvalue weighted by Gasteiger charge is -2.23. The monoisotopic (exact) mass is 237 g/mol. The summed E-state index contributed by atoms with van der Waals surface area (Å²) in [5.74, 6) is 3.01. The Bertz CT molecular complexity index is 319. The summed E-state index contributed by atoms with van der Waals surface area (Å²) in [5, 5.41) is 12.9. The topological polar surface area (TPSA) is 32.3 Å². The Hall–Kier alpha value is -0.670. The van der Waals surface area contributed by atoms with Crippen LogP contribution in [0.1, 0.15) is 12.0 Å². The Morgan fingerprint density at radius 3 is 2.75 bits per heavy atom. The number of aliphatic hydroxyl groups excluding tert-OH is 1. The van der Waals surface area contributed by atoms with E-state index in [2.05, 4.69) is 36.5 Å². The van der Waals surface area contributed by atoms with Gasteiger partial charge in [-0.3, -0.25) is 0 Å². The fourth-order valence-corrected chi connectivity index (χ4v) is 3.38. The summed E-state index contributed by atoms with van der Waals surface area (Å²) in [6.45, 7) is 2.31. The Morgan fingerprint density at radius 2 is 2.19 bits per heavy atom. The van der Waals surface area contributed by atoms with Gasteiger partial charge in [-0.1, -0.05) is 17.7 Å². The molecule has 1 aromatic rings. The number of rotatable bonds is 4.